The monoisotopic (exact) mass is 250 g/mol. The molecule has 0 bridgehead atoms. The number of aryl methyl sites for hydroxylation is 1. The topological polar surface area (TPSA) is 29.9 Å². The number of rotatable bonds is 5. The van der Waals surface area contributed by atoms with Gasteiger partial charge in [0.05, 0.1) is 18.1 Å². The van der Waals surface area contributed by atoms with Crippen LogP contribution in [0, 0.1) is 4.77 Å². The molecule has 1 N–H and O–H groups in total. The van der Waals surface area contributed by atoms with Crippen molar-refractivity contribution >= 4 is 23.3 Å². The summed E-state index contributed by atoms with van der Waals surface area (Å²) in [4.78, 5) is 3.23. The first-order chi connectivity index (χ1) is 8.26. The highest BCUT2D eigenvalue weighted by atomic mass is 32.1. The second-order valence-corrected chi connectivity index (χ2v) is 4.56. The van der Waals surface area contributed by atoms with Crippen molar-refractivity contribution in [2.24, 2.45) is 0 Å². The average molecular weight is 250 g/mol. The van der Waals surface area contributed by atoms with Crippen LogP contribution in [0.4, 0.5) is 0 Å². The van der Waals surface area contributed by atoms with Gasteiger partial charge in [0.15, 0.2) is 4.77 Å². The fourth-order valence-electron chi connectivity index (χ4n) is 2.00. The van der Waals surface area contributed by atoms with E-state index in [1.165, 1.54) is 12.8 Å². The summed E-state index contributed by atoms with van der Waals surface area (Å²) in [6, 6.07) is 6.00. The maximum absolute atomic E-state index is 5.35. The van der Waals surface area contributed by atoms with E-state index in [0.29, 0.717) is 0 Å². The standard InChI is InChI=1S/C13H18N2OS/c1-3-4-5-8-15-12-9-10(16-2)6-7-11(12)14-13(15)17/h6-7,9H,3-5,8H2,1-2H3,(H,14,17). The number of nitrogens with one attached hydrogen (secondary N) is 1. The summed E-state index contributed by atoms with van der Waals surface area (Å²) in [6.07, 6.45) is 3.62. The number of aromatic nitrogens is 2. The lowest BCUT2D eigenvalue weighted by atomic mass is 10.2. The number of fused-ring (bicyclic) bond motifs is 1. The molecule has 1 heterocycles. The Labute approximate surface area is 106 Å². The molecule has 0 aliphatic heterocycles. The third-order valence-electron chi connectivity index (χ3n) is 2.97. The lowest BCUT2D eigenvalue weighted by molar-refractivity contribution is 0.415. The highest BCUT2D eigenvalue weighted by molar-refractivity contribution is 7.71. The van der Waals surface area contributed by atoms with E-state index in [0.717, 1.165) is 34.5 Å². The Morgan fingerprint density at radius 1 is 1.35 bits per heavy atom. The quantitative estimate of drug-likeness (QED) is 0.644. The fourth-order valence-corrected chi connectivity index (χ4v) is 2.30. The molecular formula is C13H18N2OS. The van der Waals surface area contributed by atoms with Crippen molar-refractivity contribution in [1.82, 2.24) is 9.55 Å². The van der Waals surface area contributed by atoms with Crippen LogP contribution >= 0.6 is 12.2 Å². The summed E-state index contributed by atoms with van der Waals surface area (Å²) in [5.74, 6) is 0.871. The molecule has 0 aliphatic rings. The molecule has 0 fully saturated rings. The van der Waals surface area contributed by atoms with Gasteiger partial charge in [-0.1, -0.05) is 19.8 Å². The zero-order valence-corrected chi connectivity index (χ0v) is 11.1. The van der Waals surface area contributed by atoms with Crippen molar-refractivity contribution in [2.75, 3.05) is 7.11 Å². The molecule has 2 rings (SSSR count). The largest absolute Gasteiger partial charge is 0.497 e. The minimum atomic E-state index is 0.796. The number of hydrogen-bond acceptors (Lipinski definition) is 2. The molecule has 0 saturated carbocycles. The van der Waals surface area contributed by atoms with Crippen molar-refractivity contribution in [3.05, 3.63) is 23.0 Å². The Balaban J connectivity index is 2.38. The minimum absolute atomic E-state index is 0.796. The first-order valence-electron chi connectivity index (χ1n) is 6.03. The van der Waals surface area contributed by atoms with Crippen molar-refractivity contribution in [3.63, 3.8) is 0 Å². The summed E-state index contributed by atoms with van der Waals surface area (Å²) in [6.45, 7) is 3.18. The van der Waals surface area contributed by atoms with Gasteiger partial charge in [0.25, 0.3) is 0 Å². The Morgan fingerprint density at radius 3 is 2.88 bits per heavy atom. The van der Waals surface area contributed by atoms with Gasteiger partial charge in [-0.25, -0.2) is 0 Å². The third kappa shape index (κ3) is 2.52. The lowest BCUT2D eigenvalue weighted by Gasteiger charge is -2.05. The third-order valence-corrected chi connectivity index (χ3v) is 3.29. The summed E-state index contributed by atoms with van der Waals surface area (Å²) in [7, 11) is 1.68. The number of methoxy groups -OCH3 is 1. The molecule has 0 unspecified atom stereocenters. The van der Waals surface area contributed by atoms with Gasteiger partial charge >= 0.3 is 0 Å². The van der Waals surface area contributed by atoms with Crippen LogP contribution in [-0.2, 0) is 6.54 Å². The van der Waals surface area contributed by atoms with Gasteiger partial charge in [-0.2, -0.15) is 0 Å². The van der Waals surface area contributed by atoms with Crippen molar-refractivity contribution < 1.29 is 4.74 Å². The average Bonchev–Trinajstić information content (AvgIpc) is 2.65. The van der Waals surface area contributed by atoms with E-state index in [2.05, 4.69) is 16.5 Å². The number of imidazole rings is 1. The Bertz CT molecular complexity index is 556. The maximum Gasteiger partial charge on any atom is 0.178 e. The molecule has 0 atom stereocenters. The van der Waals surface area contributed by atoms with Crippen LogP contribution in [0.3, 0.4) is 0 Å². The van der Waals surface area contributed by atoms with E-state index in [4.69, 9.17) is 17.0 Å². The van der Waals surface area contributed by atoms with E-state index >= 15 is 0 Å². The molecule has 2 aromatic rings. The molecule has 92 valence electrons. The van der Waals surface area contributed by atoms with E-state index in [1.54, 1.807) is 7.11 Å². The molecule has 17 heavy (non-hydrogen) atoms. The molecular weight excluding hydrogens is 232 g/mol. The number of nitrogens with zero attached hydrogens (tertiary/aromatic N) is 1. The predicted molar refractivity (Wildman–Crippen MR) is 73.2 cm³/mol. The van der Waals surface area contributed by atoms with E-state index < -0.39 is 0 Å². The van der Waals surface area contributed by atoms with Crippen molar-refractivity contribution in [2.45, 2.75) is 32.7 Å². The van der Waals surface area contributed by atoms with Gasteiger partial charge in [-0.3, -0.25) is 0 Å². The van der Waals surface area contributed by atoms with E-state index in [9.17, 15) is 0 Å². The highest BCUT2D eigenvalue weighted by Crippen LogP contribution is 2.21. The molecule has 1 aromatic carbocycles. The van der Waals surface area contributed by atoms with Gasteiger partial charge in [-0.05, 0) is 30.8 Å². The molecule has 3 nitrogen and oxygen atoms in total. The molecule has 0 amide bonds. The van der Waals surface area contributed by atoms with Crippen molar-refractivity contribution in [1.29, 1.82) is 0 Å². The summed E-state index contributed by atoms with van der Waals surface area (Å²) in [5.41, 5.74) is 2.21. The van der Waals surface area contributed by atoms with Gasteiger partial charge in [-0.15, -0.1) is 0 Å². The van der Waals surface area contributed by atoms with Gasteiger partial charge in [0.2, 0.25) is 0 Å². The molecule has 0 radical (unpaired) electrons. The first kappa shape index (κ1) is 12.2. The second-order valence-electron chi connectivity index (χ2n) is 4.17. The number of ether oxygens (including phenoxy) is 1. The predicted octanol–water partition coefficient (Wildman–Crippen LogP) is 3.90. The minimum Gasteiger partial charge on any atom is -0.497 e. The number of benzene rings is 1. The van der Waals surface area contributed by atoms with Crippen LogP contribution < -0.4 is 4.74 Å². The summed E-state index contributed by atoms with van der Waals surface area (Å²) < 4.78 is 8.20. The second kappa shape index (κ2) is 5.36. The van der Waals surface area contributed by atoms with Gasteiger partial charge < -0.3 is 14.3 Å². The fraction of sp³-hybridized carbons (Fsp3) is 0.462. The molecule has 0 spiro atoms. The van der Waals surface area contributed by atoms with Crippen molar-refractivity contribution in [3.8, 4) is 5.75 Å². The Kier molecular flexibility index (Phi) is 3.84. The Hall–Kier alpha value is -1.29. The molecule has 4 heteroatoms. The van der Waals surface area contributed by atoms with Crippen LogP contribution in [0.25, 0.3) is 11.0 Å². The van der Waals surface area contributed by atoms with Gasteiger partial charge in [0.1, 0.15) is 5.75 Å². The van der Waals surface area contributed by atoms with Crippen LogP contribution in [-0.4, -0.2) is 16.7 Å². The first-order valence-corrected chi connectivity index (χ1v) is 6.43. The van der Waals surface area contributed by atoms with Gasteiger partial charge in [0, 0.05) is 12.6 Å². The normalized spacial score (nSPS) is 10.9. The summed E-state index contributed by atoms with van der Waals surface area (Å²) >= 11 is 5.35. The lowest BCUT2D eigenvalue weighted by Crippen LogP contribution is -1.97. The number of hydrogen-bond donors (Lipinski definition) is 1. The number of unbranched alkanes of at least 4 members (excludes halogenated alkanes) is 2. The number of aromatic amines is 1. The molecule has 1 aromatic heterocycles. The van der Waals surface area contributed by atoms with Crippen LogP contribution in [0.1, 0.15) is 26.2 Å². The highest BCUT2D eigenvalue weighted by Gasteiger charge is 2.05. The zero-order valence-electron chi connectivity index (χ0n) is 10.3. The zero-order chi connectivity index (χ0) is 12.3. The molecule has 0 saturated heterocycles. The van der Waals surface area contributed by atoms with E-state index in [1.807, 2.05) is 18.2 Å². The maximum atomic E-state index is 5.35. The SMILES string of the molecule is CCCCCn1c(=S)[nH]c2ccc(OC)cc21. The summed E-state index contributed by atoms with van der Waals surface area (Å²) in [5, 5.41) is 0. The van der Waals surface area contributed by atoms with Crippen LogP contribution in [0.5, 0.6) is 5.75 Å². The van der Waals surface area contributed by atoms with Crippen LogP contribution in [0.15, 0.2) is 18.2 Å². The van der Waals surface area contributed by atoms with Crippen LogP contribution in [0.2, 0.25) is 0 Å². The Morgan fingerprint density at radius 2 is 2.18 bits per heavy atom. The van der Waals surface area contributed by atoms with E-state index in [-0.39, 0.29) is 0 Å². The smallest absolute Gasteiger partial charge is 0.178 e. The molecule has 0 aliphatic carbocycles. The number of H-pyrrole nitrogens is 1.